The molecule has 7 nitrogen and oxygen atoms in total. The summed E-state index contributed by atoms with van der Waals surface area (Å²) in [6, 6.07) is 16.6. The van der Waals surface area contributed by atoms with Gasteiger partial charge in [-0.05, 0) is 42.5 Å². The van der Waals surface area contributed by atoms with E-state index in [1.807, 2.05) is 0 Å². The minimum Gasteiger partial charge on any atom is -0.393 e. The first-order chi connectivity index (χ1) is 16.5. The number of aliphatic imine (C=N–C) groups is 1. The van der Waals surface area contributed by atoms with Crippen LogP contribution < -0.4 is 0 Å². The third-order valence-corrected chi connectivity index (χ3v) is 5.14. The van der Waals surface area contributed by atoms with Crippen molar-refractivity contribution in [1.29, 1.82) is 0 Å². The Labute approximate surface area is 193 Å². The summed E-state index contributed by atoms with van der Waals surface area (Å²) in [5, 5.41) is 26.2. The standard InChI is InChI=1S/C25H20F2N4O3/c26-16-10-8-15(9-11-16)23-22(27)24(31-30-23)18-6-1-2-7-19(18)25(34)29-20(21(33)14-32)13-17-5-3-4-12-28-17/h1-12,21,32-33H,13-14H2,(H,30,31)/t21-/m1/s1. The highest BCUT2D eigenvalue weighted by molar-refractivity contribution is 6.08. The van der Waals surface area contributed by atoms with Crippen molar-refractivity contribution in [2.24, 2.45) is 4.99 Å². The zero-order valence-corrected chi connectivity index (χ0v) is 17.8. The summed E-state index contributed by atoms with van der Waals surface area (Å²) < 4.78 is 28.5. The average molecular weight is 462 g/mol. The first kappa shape index (κ1) is 23.1. The Morgan fingerprint density at radius 3 is 2.47 bits per heavy atom. The predicted molar refractivity (Wildman–Crippen MR) is 122 cm³/mol. The molecule has 0 fully saturated rings. The molecular weight excluding hydrogens is 442 g/mol. The van der Waals surface area contributed by atoms with E-state index in [1.165, 1.54) is 36.4 Å². The van der Waals surface area contributed by atoms with Gasteiger partial charge in [0, 0.05) is 29.4 Å². The van der Waals surface area contributed by atoms with Crippen LogP contribution in [0.2, 0.25) is 0 Å². The molecule has 0 bridgehead atoms. The fourth-order valence-corrected chi connectivity index (χ4v) is 3.41. The molecule has 172 valence electrons. The first-order valence-electron chi connectivity index (χ1n) is 10.4. The monoisotopic (exact) mass is 462 g/mol. The number of rotatable bonds is 7. The summed E-state index contributed by atoms with van der Waals surface area (Å²) >= 11 is 0. The van der Waals surface area contributed by atoms with E-state index in [0.717, 1.165) is 0 Å². The van der Waals surface area contributed by atoms with Crippen LogP contribution in [0.4, 0.5) is 8.78 Å². The van der Waals surface area contributed by atoms with E-state index in [-0.39, 0.29) is 34.6 Å². The van der Waals surface area contributed by atoms with Gasteiger partial charge >= 0.3 is 0 Å². The van der Waals surface area contributed by atoms with E-state index in [0.29, 0.717) is 11.3 Å². The molecule has 0 unspecified atom stereocenters. The van der Waals surface area contributed by atoms with Gasteiger partial charge in [-0.3, -0.25) is 14.9 Å². The summed E-state index contributed by atoms with van der Waals surface area (Å²) in [7, 11) is 0. The zero-order chi connectivity index (χ0) is 24.1. The number of hydrogen-bond acceptors (Lipinski definition) is 5. The Kier molecular flexibility index (Phi) is 6.95. The number of aromatic amines is 1. The van der Waals surface area contributed by atoms with E-state index in [9.17, 15) is 19.4 Å². The number of hydrogen-bond donors (Lipinski definition) is 3. The smallest absolute Gasteiger partial charge is 0.277 e. The van der Waals surface area contributed by atoms with Gasteiger partial charge in [-0.25, -0.2) is 13.8 Å². The normalized spacial score (nSPS) is 12.5. The quantitative estimate of drug-likeness (QED) is 0.364. The van der Waals surface area contributed by atoms with Gasteiger partial charge in [0.05, 0.1) is 17.9 Å². The molecule has 0 radical (unpaired) electrons. The molecule has 2 heterocycles. The second-order valence-corrected chi connectivity index (χ2v) is 7.42. The van der Waals surface area contributed by atoms with E-state index in [2.05, 4.69) is 20.2 Å². The lowest BCUT2D eigenvalue weighted by atomic mass is 10.0. The van der Waals surface area contributed by atoms with Crippen molar-refractivity contribution >= 4 is 11.6 Å². The first-order valence-corrected chi connectivity index (χ1v) is 10.4. The maximum Gasteiger partial charge on any atom is 0.277 e. The average Bonchev–Trinajstić information content (AvgIpc) is 3.25. The Hall–Kier alpha value is -4.08. The van der Waals surface area contributed by atoms with Crippen LogP contribution in [-0.2, 0) is 6.42 Å². The number of carbonyl (C=O) groups excluding carboxylic acids is 1. The second kappa shape index (κ2) is 10.2. The van der Waals surface area contributed by atoms with Crippen molar-refractivity contribution in [1.82, 2.24) is 15.2 Å². The fourth-order valence-electron chi connectivity index (χ4n) is 3.41. The lowest BCUT2D eigenvalue weighted by molar-refractivity contribution is 0.0997. The van der Waals surface area contributed by atoms with Gasteiger partial charge < -0.3 is 10.2 Å². The topological polar surface area (TPSA) is 111 Å². The van der Waals surface area contributed by atoms with Crippen molar-refractivity contribution in [2.45, 2.75) is 12.5 Å². The Bertz CT molecular complexity index is 1320. The molecule has 0 aliphatic carbocycles. The highest BCUT2D eigenvalue weighted by Crippen LogP contribution is 2.31. The molecule has 2 aromatic heterocycles. The van der Waals surface area contributed by atoms with Gasteiger partial charge in [-0.15, -0.1) is 0 Å². The molecule has 9 heteroatoms. The van der Waals surface area contributed by atoms with Crippen LogP contribution in [0.1, 0.15) is 16.1 Å². The third-order valence-electron chi connectivity index (χ3n) is 5.14. The Balaban J connectivity index is 1.71. The van der Waals surface area contributed by atoms with Crippen molar-refractivity contribution in [3.05, 3.63) is 95.8 Å². The van der Waals surface area contributed by atoms with Gasteiger partial charge in [-0.1, -0.05) is 24.3 Å². The number of aliphatic hydroxyl groups excluding tert-OH is 2. The lowest BCUT2D eigenvalue weighted by Crippen LogP contribution is -2.27. The van der Waals surface area contributed by atoms with Gasteiger partial charge in [0.25, 0.3) is 5.91 Å². The third kappa shape index (κ3) is 4.95. The Morgan fingerprint density at radius 2 is 1.76 bits per heavy atom. The highest BCUT2D eigenvalue weighted by Gasteiger charge is 2.22. The van der Waals surface area contributed by atoms with Crippen LogP contribution in [0.15, 0.2) is 77.9 Å². The minimum atomic E-state index is -1.37. The maximum atomic E-state index is 15.3. The van der Waals surface area contributed by atoms with Crippen LogP contribution >= 0.6 is 0 Å². The zero-order valence-electron chi connectivity index (χ0n) is 17.8. The molecule has 1 atom stereocenters. The number of aromatic nitrogens is 3. The molecule has 0 saturated carbocycles. The molecule has 3 N–H and O–H groups in total. The van der Waals surface area contributed by atoms with E-state index < -0.39 is 30.3 Å². The number of nitrogens with one attached hydrogen (secondary N) is 1. The number of aliphatic hydroxyl groups is 2. The summed E-state index contributed by atoms with van der Waals surface area (Å²) in [4.78, 5) is 21.3. The molecular formula is C25H20F2N4O3. The number of pyridine rings is 1. The number of amides is 1. The number of benzene rings is 2. The molecule has 0 spiro atoms. The molecule has 4 rings (SSSR count). The van der Waals surface area contributed by atoms with E-state index in [1.54, 1.807) is 36.5 Å². The number of nitrogens with zero attached hydrogens (tertiary/aromatic N) is 3. The number of halogens is 2. The van der Waals surface area contributed by atoms with Crippen LogP contribution in [0.5, 0.6) is 0 Å². The summed E-state index contributed by atoms with van der Waals surface area (Å²) in [6.07, 6.45) is 0.241. The lowest BCUT2D eigenvalue weighted by Gasteiger charge is -2.12. The SMILES string of the molecule is O=C(N=C(Cc1ccccn1)[C@H](O)CO)c1ccccc1-c1[nH]nc(-c2ccc(F)cc2)c1F. The molecule has 1 amide bonds. The molecule has 0 aliphatic rings. The van der Waals surface area contributed by atoms with Gasteiger partial charge in [0.15, 0.2) is 5.82 Å². The molecule has 0 aliphatic heterocycles. The summed E-state index contributed by atoms with van der Waals surface area (Å²) in [5.74, 6) is -1.90. The fraction of sp³-hybridized carbons (Fsp3) is 0.120. The molecule has 2 aromatic carbocycles. The van der Waals surface area contributed by atoms with Crippen molar-refractivity contribution < 1.29 is 23.8 Å². The number of H-pyrrole nitrogens is 1. The van der Waals surface area contributed by atoms with Crippen LogP contribution in [0.3, 0.4) is 0 Å². The molecule has 34 heavy (non-hydrogen) atoms. The molecule has 4 aromatic rings. The summed E-state index contributed by atoms with van der Waals surface area (Å²) in [6.45, 7) is -0.628. The Morgan fingerprint density at radius 1 is 1.03 bits per heavy atom. The van der Waals surface area contributed by atoms with Gasteiger partial charge in [-0.2, -0.15) is 5.10 Å². The largest absolute Gasteiger partial charge is 0.393 e. The molecule has 0 saturated heterocycles. The van der Waals surface area contributed by atoms with E-state index >= 15 is 4.39 Å². The van der Waals surface area contributed by atoms with Crippen LogP contribution in [-0.4, -0.2) is 49.7 Å². The predicted octanol–water partition coefficient (Wildman–Crippen LogP) is 3.59. The number of carbonyl (C=O) groups is 1. The van der Waals surface area contributed by atoms with Crippen molar-refractivity contribution in [3.63, 3.8) is 0 Å². The van der Waals surface area contributed by atoms with Crippen LogP contribution in [0, 0.1) is 11.6 Å². The van der Waals surface area contributed by atoms with E-state index in [4.69, 9.17) is 0 Å². The van der Waals surface area contributed by atoms with Gasteiger partial charge in [0.1, 0.15) is 23.3 Å². The van der Waals surface area contributed by atoms with Gasteiger partial charge in [0.2, 0.25) is 0 Å². The minimum absolute atomic E-state index is 0.0210. The van der Waals surface area contributed by atoms with Crippen molar-refractivity contribution in [2.75, 3.05) is 6.61 Å². The summed E-state index contributed by atoms with van der Waals surface area (Å²) in [5.41, 5.74) is 1.17. The van der Waals surface area contributed by atoms with Crippen molar-refractivity contribution in [3.8, 4) is 22.5 Å². The maximum absolute atomic E-state index is 15.3. The second-order valence-electron chi connectivity index (χ2n) is 7.42. The van der Waals surface area contributed by atoms with Crippen LogP contribution in [0.25, 0.3) is 22.5 Å². The highest BCUT2D eigenvalue weighted by atomic mass is 19.1.